The van der Waals surface area contributed by atoms with E-state index in [4.69, 9.17) is 4.74 Å². The van der Waals surface area contributed by atoms with Crippen LogP contribution in [-0.4, -0.2) is 36.0 Å². The molecule has 0 bridgehead atoms. The molecule has 9 nitrogen and oxygen atoms in total. The van der Waals surface area contributed by atoms with E-state index in [1.807, 2.05) is 0 Å². The highest BCUT2D eigenvalue weighted by atomic mass is 16.5. The van der Waals surface area contributed by atoms with Crippen molar-refractivity contribution >= 4 is 16.7 Å². The summed E-state index contributed by atoms with van der Waals surface area (Å²) in [5.74, 6) is -0.159. The van der Waals surface area contributed by atoms with Gasteiger partial charge in [-0.15, -0.1) is 5.10 Å². The van der Waals surface area contributed by atoms with Crippen molar-refractivity contribution in [1.82, 2.24) is 30.0 Å². The van der Waals surface area contributed by atoms with E-state index in [0.29, 0.717) is 23.1 Å². The first-order chi connectivity index (χ1) is 12.1. The Morgan fingerprint density at radius 1 is 1.24 bits per heavy atom. The molecule has 0 N–H and O–H groups in total. The third-order valence-electron chi connectivity index (χ3n) is 3.81. The minimum absolute atomic E-state index is 0.0611. The molecule has 3 aromatic rings. The zero-order valence-electron chi connectivity index (χ0n) is 14.0. The molecular weight excluding hydrogens is 324 g/mol. The van der Waals surface area contributed by atoms with Crippen LogP contribution in [0, 0.1) is 0 Å². The molecule has 0 aliphatic rings. The second-order valence-corrected chi connectivity index (χ2v) is 5.57. The number of hydrogen-bond acceptors (Lipinski definition) is 7. The number of carbonyl (C=O) groups is 1. The molecule has 2 aromatic heterocycles. The molecule has 3 rings (SSSR count). The van der Waals surface area contributed by atoms with Crippen LogP contribution in [0.3, 0.4) is 0 Å². The first-order valence-electron chi connectivity index (χ1n) is 8.00. The van der Waals surface area contributed by atoms with Gasteiger partial charge in [0.15, 0.2) is 18.1 Å². The van der Waals surface area contributed by atoms with Crippen molar-refractivity contribution in [2.45, 2.75) is 32.9 Å². The van der Waals surface area contributed by atoms with Crippen LogP contribution in [0.1, 0.15) is 36.1 Å². The van der Waals surface area contributed by atoms with Gasteiger partial charge in [0.25, 0.3) is 5.56 Å². The predicted molar refractivity (Wildman–Crippen MR) is 88.8 cm³/mol. The molecule has 0 atom stereocenters. The number of esters is 1. The van der Waals surface area contributed by atoms with Gasteiger partial charge in [0.2, 0.25) is 0 Å². The molecule has 0 spiro atoms. The van der Waals surface area contributed by atoms with Gasteiger partial charge in [-0.05, 0) is 22.9 Å². The number of nitrogens with zero attached hydrogens (tertiary/aromatic N) is 6. The Morgan fingerprint density at radius 2 is 2.00 bits per heavy atom. The summed E-state index contributed by atoms with van der Waals surface area (Å²) in [6.45, 7) is 2.67. The molecule has 0 fully saturated rings. The maximum absolute atomic E-state index is 12.5. The number of hydrogen-bond donors (Lipinski definition) is 0. The van der Waals surface area contributed by atoms with E-state index in [1.165, 1.54) is 7.05 Å². The number of tetrazole rings is 1. The number of rotatable bonds is 6. The fourth-order valence-electron chi connectivity index (χ4n) is 2.46. The number of unbranched alkanes of at least 4 members (excludes halogenated alkanes) is 1. The van der Waals surface area contributed by atoms with Gasteiger partial charge < -0.3 is 4.74 Å². The first-order valence-corrected chi connectivity index (χ1v) is 8.00. The SMILES string of the molecule is CCCCn1nnnc1COC(=O)c1nn(C)c(=O)c2ccccc12. The molecule has 1 aromatic carbocycles. The summed E-state index contributed by atoms with van der Waals surface area (Å²) < 4.78 is 8.06. The minimum atomic E-state index is -0.628. The highest BCUT2D eigenvalue weighted by Gasteiger charge is 2.18. The zero-order chi connectivity index (χ0) is 17.8. The topological polar surface area (TPSA) is 105 Å². The van der Waals surface area contributed by atoms with E-state index in [9.17, 15) is 9.59 Å². The molecular formula is C16H18N6O3. The number of ether oxygens (including phenoxy) is 1. The summed E-state index contributed by atoms with van der Waals surface area (Å²) in [5.41, 5.74) is -0.180. The fraction of sp³-hybridized carbons (Fsp3) is 0.375. The lowest BCUT2D eigenvalue weighted by Crippen LogP contribution is -2.24. The van der Waals surface area contributed by atoms with Crippen LogP contribution in [-0.2, 0) is 24.9 Å². The summed E-state index contributed by atoms with van der Waals surface area (Å²) in [4.78, 5) is 24.6. The van der Waals surface area contributed by atoms with Crippen LogP contribution in [0.2, 0.25) is 0 Å². The monoisotopic (exact) mass is 342 g/mol. The summed E-state index contributed by atoms with van der Waals surface area (Å²) in [5, 5.41) is 16.3. The Morgan fingerprint density at radius 3 is 2.76 bits per heavy atom. The normalized spacial score (nSPS) is 11.0. The largest absolute Gasteiger partial charge is 0.453 e. The Labute approximate surface area is 143 Å². The standard InChI is InChI=1S/C16H18N6O3/c1-3-4-9-22-13(17-19-20-22)10-25-16(24)14-11-7-5-6-8-12(11)15(23)21(2)18-14/h5-8H,3-4,9-10H2,1-2H3. The molecule has 2 heterocycles. The molecule has 0 amide bonds. The van der Waals surface area contributed by atoms with Crippen molar-refractivity contribution in [2.75, 3.05) is 0 Å². The van der Waals surface area contributed by atoms with Gasteiger partial charge in [0.05, 0.1) is 5.39 Å². The third kappa shape index (κ3) is 3.39. The average molecular weight is 342 g/mol. The highest BCUT2D eigenvalue weighted by molar-refractivity contribution is 6.02. The smallest absolute Gasteiger partial charge is 0.359 e. The van der Waals surface area contributed by atoms with Crippen LogP contribution in [0.25, 0.3) is 10.8 Å². The van der Waals surface area contributed by atoms with Gasteiger partial charge in [-0.3, -0.25) is 4.79 Å². The molecule has 0 saturated heterocycles. The maximum atomic E-state index is 12.5. The summed E-state index contributed by atoms with van der Waals surface area (Å²) in [6, 6.07) is 6.80. The van der Waals surface area contributed by atoms with Gasteiger partial charge in [-0.1, -0.05) is 31.5 Å². The Hall–Kier alpha value is -3.10. The van der Waals surface area contributed by atoms with E-state index in [2.05, 4.69) is 27.5 Å². The third-order valence-corrected chi connectivity index (χ3v) is 3.81. The molecule has 25 heavy (non-hydrogen) atoms. The van der Waals surface area contributed by atoms with Crippen LogP contribution >= 0.6 is 0 Å². The quantitative estimate of drug-likeness (QED) is 0.617. The van der Waals surface area contributed by atoms with Gasteiger partial charge in [0, 0.05) is 19.0 Å². The molecule has 0 aliphatic carbocycles. The Balaban J connectivity index is 1.83. The molecule has 0 saturated carbocycles. The molecule has 9 heteroatoms. The van der Waals surface area contributed by atoms with E-state index in [-0.39, 0.29) is 17.9 Å². The van der Waals surface area contributed by atoms with Gasteiger partial charge in [-0.25, -0.2) is 14.2 Å². The fourth-order valence-corrected chi connectivity index (χ4v) is 2.46. The Kier molecular flexibility index (Phi) is 4.82. The van der Waals surface area contributed by atoms with Crippen molar-refractivity contribution in [1.29, 1.82) is 0 Å². The predicted octanol–water partition coefficient (Wildman–Crippen LogP) is 1.08. The van der Waals surface area contributed by atoms with Crippen molar-refractivity contribution < 1.29 is 9.53 Å². The molecule has 0 unspecified atom stereocenters. The van der Waals surface area contributed by atoms with Gasteiger partial charge in [0.1, 0.15) is 0 Å². The molecule has 0 radical (unpaired) electrons. The number of aromatic nitrogens is 6. The molecule has 0 aliphatic heterocycles. The summed E-state index contributed by atoms with van der Waals surface area (Å²) in [7, 11) is 1.50. The van der Waals surface area contributed by atoms with Crippen molar-refractivity contribution in [3.05, 3.63) is 46.1 Å². The van der Waals surface area contributed by atoms with Crippen molar-refractivity contribution in [2.24, 2.45) is 7.05 Å². The van der Waals surface area contributed by atoms with E-state index >= 15 is 0 Å². The number of fused-ring (bicyclic) bond motifs is 1. The maximum Gasteiger partial charge on any atom is 0.359 e. The lowest BCUT2D eigenvalue weighted by atomic mass is 10.1. The highest BCUT2D eigenvalue weighted by Crippen LogP contribution is 2.14. The number of aryl methyl sites for hydroxylation is 2. The van der Waals surface area contributed by atoms with Crippen LogP contribution in [0.4, 0.5) is 0 Å². The Bertz CT molecular complexity index is 962. The number of benzene rings is 1. The van der Waals surface area contributed by atoms with E-state index in [0.717, 1.165) is 17.5 Å². The average Bonchev–Trinajstić information content (AvgIpc) is 3.08. The second kappa shape index (κ2) is 7.20. The van der Waals surface area contributed by atoms with Crippen LogP contribution < -0.4 is 5.56 Å². The van der Waals surface area contributed by atoms with Gasteiger partial charge >= 0.3 is 5.97 Å². The molecule has 130 valence electrons. The van der Waals surface area contributed by atoms with E-state index in [1.54, 1.807) is 28.9 Å². The van der Waals surface area contributed by atoms with E-state index < -0.39 is 5.97 Å². The first kappa shape index (κ1) is 16.7. The van der Waals surface area contributed by atoms with Gasteiger partial charge in [-0.2, -0.15) is 5.10 Å². The van der Waals surface area contributed by atoms with Crippen molar-refractivity contribution in [3.63, 3.8) is 0 Å². The zero-order valence-corrected chi connectivity index (χ0v) is 14.0. The summed E-state index contributed by atoms with van der Waals surface area (Å²) >= 11 is 0. The van der Waals surface area contributed by atoms with Crippen LogP contribution in [0.5, 0.6) is 0 Å². The lowest BCUT2D eigenvalue weighted by Gasteiger charge is -2.08. The van der Waals surface area contributed by atoms with Crippen LogP contribution in [0.15, 0.2) is 29.1 Å². The van der Waals surface area contributed by atoms with Crippen molar-refractivity contribution in [3.8, 4) is 0 Å². The second-order valence-electron chi connectivity index (χ2n) is 5.57. The number of carbonyl (C=O) groups excluding carboxylic acids is 1. The summed E-state index contributed by atoms with van der Waals surface area (Å²) in [6.07, 6.45) is 1.94. The minimum Gasteiger partial charge on any atom is -0.453 e. The lowest BCUT2D eigenvalue weighted by molar-refractivity contribution is 0.0449.